The first-order valence-electron chi connectivity index (χ1n) is 6.01. The summed E-state index contributed by atoms with van der Waals surface area (Å²) < 4.78 is 29.4. The molecule has 4 nitrogen and oxygen atoms in total. The number of esters is 1. The zero-order valence-corrected chi connectivity index (χ0v) is 12.9. The van der Waals surface area contributed by atoms with Crippen molar-refractivity contribution in [3.63, 3.8) is 0 Å². The van der Waals surface area contributed by atoms with E-state index in [0.29, 0.717) is 12.8 Å². The van der Waals surface area contributed by atoms with Crippen molar-refractivity contribution < 1.29 is 17.9 Å². The number of carbonyl (C=O) groups is 1. The van der Waals surface area contributed by atoms with Gasteiger partial charge < -0.3 is 4.74 Å². The maximum atomic E-state index is 12.5. The molecule has 0 spiro atoms. The Morgan fingerprint density at radius 1 is 1.32 bits per heavy atom. The lowest BCUT2D eigenvalue weighted by molar-refractivity contribution is -0.163. The van der Waals surface area contributed by atoms with Crippen molar-refractivity contribution >= 4 is 31.7 Å². The summed E-state index contributed by atoms with van der Waals surface area (Å²) in [5.74, 6) is -0.451. The van der Waals surface area contributed by atoms with Gasteiger partial charge in [-0.15, -0.1) is 0 Å². The minimum absolute atomic E-state index is 0.232. The third kappa shape index (κ3) is 2.69. The van der Waals surface area contributed by atoms with E-state index in [1.54, 1.807) is 30.3 Å². The van der Waals surface area contributed by atoms with Crippen molar-refractivity contribution in [3.05, 3.63) is 30.3 Å². The smallest absolute Gasteiger partial charge is 0.303 e. The van der Waals surface area contributed by atoms with Crippen LogP contribution in [0.4, 0.5) is 0 Å². The number of carbonyl (C=O) groups excluding carboxylic acids is 1. The Labute approximate surface area is 121 Å². The molecule has 1 aliphatic rings. The van der Waals surface area contributed by atoms with Crippen LogP contribution in [0.2, 0.25) is 0 Å². The van der Waals surface area contributed by atoms with Gasteiger partial charge in [0.15, 0.2) is 14.0 Å². The molecule has 0 N–H and O–H groups in total. The Kier molecular flexibility index (Phi) is 4.01. The molecule has 1 aromatic carbocycles. The molecule has 0 aliphatic heterocycles. The third-order valence-corrected chi connectivity index (χ3v) is 7.52. The highest BCUT2D eigenvalue weighted by atomic mass is 79.9. The molecule has 1 atom stereocenters. The van der Waals surface area contributed by atoms with Crippen molar-refractivity contribution in [1.82, 2.24) is 0 Å². The summed E-state index contributed by atoms with van der Waals surface area (Å²) in [7, 11) is -3.56. The number of rotatable bonds is 4. The molecular formula is C13H15BrO4S. The van der Waals surface area contributed by atoms with Gasteiger partial charge in [-0.2, -0.15) is 0 Å². The van der Waals surface area contributed by atoms with Crippen molar-refractivity contribution in [1.29, 1.82) is 0 Å². The first-order valence-corrected chi connectivity index (χ1v) is 8.47. The lowest BCUT2D eigenvalue weighted by Gasteiger charge is -2.43. The average molecular weight is 347 g/mol. The molecule has 104 valence electrons. The number of ether oxygens (including phenoxy) is 1. The molecule has 1 aromatic rings. The Morgan fingerprint density at radius 2 is 1.89 bits per heavy atom. The molecule has 1 saturated carbocycles. The molecule has 0 amide bonds. The Hall–Kier alpha value is -0.880. The fraction of sp³-hybridized carbons (Fsp3) is 0.462. The lowest BCUT2D eigenvalue weighted by Crippen LogP contribution is -2.52. The normalized spacial score (nSPS) is 19.3. The van der Waals surface area contributed by atoms with Crippen LogP contribution in [0.3, 0.4) is 0 Å². The van der Waals surface area contributed by atoms with Gasteiger partial charge in [-0.05, 0) is 31.4 Å². The maximum absolute atomic E-state index is 12.5. The second kappa shape index (κ2) is 5.25. The van der Waals surface area contributed by atoms with Crippen LogP contribution in [-0.4, -0.2) is 24.1 Å². The van der Waals surface area contributed by atoms with Crippen molar-refractivity contribution in [2.75, 3.05) is 0 Å². The molecule has 1 unspecified atom stereocenters. The van der Waals surface area contributed by atoms with Gasteiger partial charge in [0.1, 0.15) is 5.60 Å². The molecule has 0 aromatic heterocycles. The number of alkyl halides is 1. The van der Waals surface area contributed by atoms with Gasteiger partial charge in [0.25, 0.3) is 0 Å². The molecule has 1 aliphatic carbocycles. The highest BCUT2D eigenvalue weighted by Crippen LogP contribution is 2.45. The fourth-order valence-corrected chi connectivity index (χ4v) is 5.02. The Bertz CT molecular complexity index is 564. The van der Waals surface area contributed by atoms with E-state index >= 15 is 0 Å². The lowest BCUT2D eigenvalue weighted by atomic mass is 9.81. The fourth-order valence-electron chi connectivity index (χ4n) is 2.20. The molecule has 19 heavy (non-hydrogen) atoms. The summed E-state index contributed by atoms with van der Waals surface area (Å²) in [6.45, 7) is 1.30. The Morgan fingerprint density at radius 3 is 2.32 bits per heavy atom. The van der Waals surface area contributed by atoms with E-state index in [1.807, 2.05) is 0 Å². The number of hydrogen-bond donors (Lipinski definition) is 0. The van der Waals surface area contributed by atoms with Gasteiger partial charge in [0.2, 0.25) is 0 Å². The molecule has 0 heterocycles. The van der Waals surface area contributed by atoms with E-state index in [4.69, 9.17) is 4.74 Å². The zero-order chi connectivity index (χ0) is 14.1. The van der Waals surface area contributed by atoms with E-state index in [0.717, 1.165) is 6.42 Å². The predicted molar refractivity (Wildman–Crippen MR) is 74.7 cm³/mol. The summed E-state index contributed by atoms with van der Waals surface area (Å²) >= 11 is 3.23. The van der Waals surface area contributed by atoms with Crippen LogP contribution in [-0.2, 0) is 19.4 Å². The summed E-state index contributed by atoms with van der Waals surface area (Å²) in [6, 6.07) is 8.19. The van der Waals surface area contributed by atoms with E-state index in [-0.39, 0.29) is 4.90 Å². The van der Waals surface area contributed by atoms with Crippen LogP contribution >= 0.6 is 15.9 Å². The van der Waals surface area contributed by atoms with Crippen LogP contribution in [0.1, 0.15) is 26.2 Å². The zero-order valence-electron chi connectivity index (χ0n) is 10.5. The second-order valence-electron chi connectivity index (χ2n) is 4.69. The minimum atomic E-state index is -3.56. The summed E-state index contributed by atoms with van der Waals surface area (Å²) in [6.07, 6.45) is 1.99. The van der Waals surface area contributed by atoms with Crippen molar-refractivity contribution in [3.8, 4) is 0 Å². The average Bonchev–Trinajstić information content (AvgIpc) is 2.34. The summed E-state index contributed by atoms with van der Waals surface area (Å²) in [4.78, 5) is 11.4. The summed E-state index contributed by atoms with van der Waals surface area (Å²) in [5, 5.41) is 0. The second-order valence-corrected chi connectivity index (χ2v) is 8.24. The quantitative estimate of drug-likeness (QED) is 0.621. The number of benzene rings is 1. The predicted octanol–water partition coefficient (Wildman–Crippen LogP) is 2.67. The molecule has 0 saturated heterocycles. The van der Waals surface area contributed by atoms with Crippen LogP contribution in [0.25, 0.3) is 0 Å². The highest BCUT2D eigenvalue weighted by Gasteiger charge is 2.52. The van der Waals surface area contributed by atoms with Crippen LogP contribution in [0.5, 0.6) is 0 Å². The minimum Gasteiger partial charge on any atom is -0.457 e. The monoisotopic (exact) mass is 346 g/mol. The van der Waals surface area contributed by atoms with E-state index < -0.39 is 25.6 Å². The number of halogens is 1. The van der Waals surface area contributed by atoms with Gasteiger partial charge >= 0.3 is 5.97 Å². The molecule has 6 heteroatoms. The van der Waals surface area contributed by atoms with Gasteiger partial charge in [-0.1, -0.05) is 34.1 Å². The molecule has 0 radical (unpaired) electrons. The summed E-state index contributed by atoms with van der Waals surface area (Å²) in [5.41, 5.74) is -0.930. The van der Waals surface area contributed by atoms with Crippen molar-refractivity contribution in [2.24, 2.45) is 0 Å². The van der Waals surface area contributed by atoms with E-state index in [2.05, 4.69) is 15.9 Å². The molecule has 2 rings (SSSR count). The topological polar surface area (TPSA) is 60.4 Å². The highest BCUT2D eigenvalue weighted by molar-refractivity contribution is 9.11. The molecule has 1 fully saturated rings. The van der Waals surface area contributed by atoms with Crippen LogP contribution < -0.4 is 0 Å². The first-order chi connectivity index (χ1) is 8.88. The van der Waals surface area contributed by atoms with Gasteiger partial charge in [0.05, 0.1) is 4.90 Å². The third-order valence-electron chi connectivity index (χ3n) is 3.30. The van der Waals surface area contributed by atoms with Gasteiger partial charge in [0, 0.05) is 6.92 Å². The van der Waals surface area contributed by atoms with Crippen LogP contribution in [0, 0.1) is 0 Å². The largest absolute Gasteiger partial charge is 0.457 e. The van der Waals surface area contributed by atoms with E-state index in [9.17, 15) is 13.2 Å². The van der Waals surface area contributed by atoms with Crippen LogP contribution in [0.15, 0.2) is 35.2 Å². The number of hydrogen-bond acceptors (Lipinski definition) is 4. The Balaban J connectivity index is 2.32. The first kappa shape index (κ1) is 14.5. The number of sulfone groups is 1. The van der Waals surface area contributed by atoms with Crippen molar-refractivity contribution in [2.45, 2.75) is 40.8 Å². The van der Waals surface area contributed by atoms with Gasteiger partial charge in [-0.25, -0.2) is 8.42 Å². The standard InChI is InChI=1S/C13H15BrO4S/c1-10(15)18-13(8-5-9-13)12(14)19(16,17)11-6-3-2-4-7-11/h2-4,6-7,12H,5,8-9H2,1H3. The maximum Gasteiger partial charge on any atom is 0.303 e. The van der Waals surface area contributed by atoms with E-state index in [1.165, 1.54) is 6.92 Å². The molecule has 0 bridgehead atoms. The molecular weight excluding hydrogens is 332 g/mol. The van der Waals surface area contributed by atoms with Gasteiger partial charge in [-0.3, -0.25) is 4.79 Å². The SMILES string of the molecule is CC(=O)OC1(C(Br)S(=O)(=O)c2ccccc2)CCC1.